The Balaban J connectivity index is 0.000000207. The van der Waals surface area contributed by atoms with Gasteiger partial charge in [0.25, 0.3) is 0 Å². The average Bonchev–Trinajstić information content (AvgIpc) is 4.16. The van der Waals surface area contributed by atoms with Crippen LogP contribution in [-0.4, -0.2) is 150 Å². The zero-order valence-corrected chi connectivity index (χ0v) is 42.9. The third kappa shape index (κ3) is 17.5. The normalized spacial score (nSPS) is 14.1. The maximum Gasteiger partial charge on any atom is 0.333 e. The van der Waals surface area contributed by atoms with E-state index < -0.39 is 18.0 Å². The number of aliphatic hydroxyl groups excluding tert-OH is 4. The van der Waals surface area contributed by atoms with Crippen molar-refractivity contribution in [2.75, 3.05) is 91.3 Å². The van der Waals surface area contributed by atoms with E-state index in [9.17, 15) is 37.4 Å². The molecule has 0 aliphatic carbocycles. The third-order valence-corrected chi connectivity index (χ3v) is 12.7. The summed E-state index contributed by atoms with van der Waals surface area (Å²) in [6, 6.07) is 10.8. The van der Waals surface area contributed by atoms with Gasteiger partial charge in [-0.25, -0.2) is 52.1 Å². The van der Waals surface area contributed by atoms with Crippen LogP contribution >= 0.6 is 58.3 Å². The van der Waals surface area contributed by atoms with E-state index in [1.54, 1.807) is 34.3 Å². The van der Waals surface area contributed by atoms with Crippen LogP contribution in [0.15, 0.2) is 79.6 Å². The second-order valence-electron chi connectivity index (χ2n) is 16.0. The molecule has 0 spiro atoms. The molecule has 2 aliphatic heterocycles. The Morgan fingerprint density at radius 2 is 1.16 bits per heavy atom. The number of piperazine rings is 2. The number of hydrogen-bond acceptors (Lipinski definition) is 16. The lowest BCUT2D eigenvalue weighted by molar-refractivity contribution is 0.0885. The van der Waals surface area contributed by atoms with Crippen LogP contribution in [0.3, 0.4) is 0 Å². The molecule has 0 bridgehead atoms. The Morgan fingerprint density at radius 3 is 1.60 bits per heavy atom. The van der Waals surface area contributed by atoms with E-state index in [2.05, 4.69) is 40.9 Å². The fourth-order valence-electron chi connectivity index (χ4n) is 7.14. The number of aliphatic hydroxyl groups is 4. The second-order valence-corrected chi connectivity index (χ2v) is 18.8. The van der Waals surface area contributed by atoms with Gasteiger partial charge in [0.2, 0.25) is 0 Å². The number of nitrogens with one attached hydrogen (secondary N) is 3. The number of pyridine rings is 2. The third-order valence-electron chi connectivity index (χ3n) is 10.9. The zero-order valence-electron chi connectivity index (χ0n) is 38.9. The number of benzene rings is 2. The fourth-order valence-corrected chi connectivity index (χ4v) is 8.90. The van der Waals surface area contributed by atoms with Crippen LogP contribution in [0, 0.1) is 23.3 Å². The number of aromatic nitrogens is 6. The van der Waals surface area contributed by atoms with Gasteiger partial charge in [-0.1, -0.05) is 22.7 Å². The number of alkyl halides is 2. The smallest absolute Gasteiger partial charge is 0.333 e. The lowest BCUT2D eigenvalue weighted by atomic mass is 10.1. The highest BCUT2D eigenvalue weighted by Gasteiger charge is 2.25. The summed E-state index contributed by atoms with van der Waals surface area (Å²) in [4.78, 5) is 50.3. The van der Waals surface area contributed by atoms with Gasteiger partial charge in [0.15, 0.2) is 33.5 Å². The molecule has 2 fully saturated rings. The Morgan fingerprint density at radius 1 is 0.699 bits per heavy atom. The number of carbonyl (C=O) groups is 2. The van der Waals surface area contributed by atoms with Crippen LogP contribution < -0.4 is 25.8 Å². The van der Waals surface area contributed by atoms with Crippen molar-refractivity contribution in [3.05, 3.63) is 114 Å². The predicted octanol–water partition coefficient (Wildman–Crippen LogP) is 7.08. The molecule has 27 heteroatoms. The maximum atomic E-state index is 14.6. The monoisotopic (exact) mass is 1110 g/mol. The number of imidazole rings is 1. The average molecular weight is 1120 g/mol. The lowest BCUT2D eigenvalue weighted by Gasteiger charge is -2.35. The molecule has 0 radical (unpaired) electrons. The summed E-state index contributed by atoms with van der Waals surface area (Å²) >= 11 is 12.0. The summed E-state index contributed by atoms with van der Waals surface area (Å²) in [5.41, 5.74) is 2.66. The molecule has 73 heavy (non-hydrogen) atoms. The highest BCUT2D eigenvalue weighted by Crippen LogP contribution is 2.28. The molecule has 7 N–H and O–H groups in total. The summed E-state index contributed by atoms with van der Waals surface area (Å²) in [5.74, 6) is -0.832. The van der Waals surface area contributed by atoms with Crippen molar-refractivity contribution in [3.8, 4) is 0 Å². The number of carbonyl (C=O) groups excluding carboxylic acids is 2. The lowest BCUT2D eigenvalue weighted by Crippen LogP contribution is -2.50. The van der Waals surface area contributed by atoms with Crippen LogP contribution in [0.5, 0.6) is 0 Å². The van der Waals surface area contributed by atoms with Crippen molar-refractivity contribution in [2.24, 2.45) is 0 Å². The molecule has 7 aromatic rings. The highest BCUT2D eigenvalue weighted by molar-refractivity contribution is 7.22. The first kappa shape index (κ1) is 58.4. The van der Waals surface area contributed by atoms with Crippen molar-refractivity contribution in [2.45, 2.75) is 37.9 Å². The fraction of sp³-hybridized carbons (Fsp3) is 0.370. The second kappa shape index (κ2) is 29.4. The summed E-state index contributed by atoms with van der Waals surface area (Å²) in [6.45, 7) is 4.21. The van der Waals surface area contributed by atoms with Gasteiger partial charge in [0.1, 0.15) is 18.0 Å². The number of halogens is 7. The van der Waals surface area contributed by atoms with Gasteiger partial charge in [0, 0.05) is 77.1 Å². The van der Waals surface area contributed by atoms with Crippen molar-refractivity contribution in [3.63, 3.8) is 0 Å². The van der Waals surface area contributed by atoms with Gasteiger partial charge < -0.3 is 40.4 Å². The maximum absolute atomic E-state index is 14.6. The topological polar surface area (TPSA) is 230 Å². The van der Waals surface area contributed by atoms with E-state index in [4.69, 9.17) is 33.4 Å². The van der Waals surface area contributed by atoms with E-state index in [-0.39, 0.29) is 66.3 Å². The Labute approximate surface area is 441 Å². The van der Waals surface area contributed by atoms with Gasteiger partial charge in [-0.15, -0.1) is 35.6 Å². The van der Waals surface area contributed by atoms with E-state index in [1.807, 2.05) is 4.90 Å². The first-order valence-electron chi connectivity index (χ1n) is 22.4. The van der Waals surface area contributed by atoms with Gasteiger partial charge in [-0.2, -0.15) is 0 Å². The number of urea groups is 1. The van der Waals surface area contributed by atoms with E-state index >= 15 is 0 Å². The standard InChI is InChI=1S/C21H23F2N5O3S.C13H20FN3O2.C11H7FN4OS.CH2Cl2.ClH/c22-14-2-4-17-18(10-14)32-20(25-17)26-21(31)28-7-5-27(6-8-28)19-16(23)9-13(11-24-19)1-3-15(30)12-29;14-12-7-10(1-2-11(19)9-18)8-16-13(12)17-5-3-15-4-6-17;12-7-1-2-8-9(5-7)18-10(14-8)15-11(17)16-4-3-13-6-16;2-1-3;/h2,4,9-11,15,29-30H,1,3,5-8,12H2,(H,25,26,31);7-8,11,15,18-19H,1-6,9H2;1-6H,(H,14,15,17);1H2;1H/t15-;11-;;;/m00.../s1. The minimum absolute atomic E-state index is 0. The number of rotatable bonds is 12. The minimum Gasteiger partial charge on any atom is -0.394 e. The van der Waals surface area contributed by atoms with Crippen molar-refractivity contribution in [1.29, 1.82) is 0 Å². The van der Waals surface area contributed by atoms with E-state index in [1.165, 1.54) is 82.4 Å². The molecular weight excluding hydrogens is 1060 g/mol. The number of thiazole rings is 2. The highest BCUT2D eigenvalue weighted by atomic mass is 35.5. The molecule has 394 valence electrons. The van der Waals surface area contributed by atoms with Crippen molar-refractivity contribution in [1.82, 2.24) is 39.7 Å². The molecule has 2 aromatic carbocycles. The molecule has 18 nitrogen and oxygen atoms in total. The van der Waals surface area contributed by atoms with Crippen LogP contribution in [0.2, 0.25) is 0 Å². The summed E-state index contributed by atoms with van der Waals surface area (Å²) < 4.78 is 57.6. The van der Waals surface area contributed by atoms with Crippen LogP contribution in [0.1, 0.15) is 24.0 Å². The van der Waals surface area contributed by atoms with E-state index in [0.717, 1.165) is 31.7 Å². The first-order valence-corrected chi connectivity index (χ1v) is 25.1. The van der Waals surface area contributed by atoms with E-state index in [0.29, 0.717) is 93.9 Å². The summed E-state index contributed by atoms with van der Waals surface area (Å²) in [5, 5.41) is 45.9. The molecule has 7 heterocycles. The van der Waals surface area contributed by atoms with Gasteiger partial charge in [-0.3, -0.25) is 15.2 Å². The van der Waals surface area contributed by atoms with Crippen molar-refractivity contribution < 1.29 is 47.6 Å². The molecule has 0 unspecified atom stereocenters. The van der Waals surface area contributed by atoms with Gasteiger partial charge >= 0.3 is 12.1 Å². The number of nitrogens with zero attached hydrogens (tertiary/aromatic N) is 9. The molecule has 2 atom stereocenters. The SMILES string of the molecule is Cl.ClCCl.O=C(Nc1nc2ccc(F)cc2s1)N1CCN(c2ncc(CC[C@H](O)CO)cc2F)CC1.O=C(Nc1nc2ccc(F)cc2s1)n1ccnc1.OC[C@@H](O)CCc1cnc(N2CCNCC2)c(F)c1. The summed E-state index contributed by atoms with van der Waals surface area (Å²) in [7, 11) is 0. The number of anilines is 4. The Kier molecular flexibility index (Phi) is 23.5. The van der Waals surface area contributed by atoms with Crippen LogP contribution in [0.25, 0.3) is 20.4 Å². The number of fused-ring (bicyclic) bond motifs is 2. The first-order chi connectivity index (χ1) is 34.8. The summed E-state index contributed by atoms with van der Waals surface area (Å²) in [6.07, 6.45) is 7.71. The molecule has 0 saturated carbocycles. The zero-order chi connectivity index (χ0) is 51.6. The largest absolute Gasteiger partial charge is 0.394 e. The molecule has 2 aliphatic rings. The quantitative estimate of drug-likeness (QED) is 0.0479. The molecule has 3 amide bonds. The number of hydrogen-bond donors (Lipinski definition) is 7. The molecular formula is C46H53Cl3F4N12O6S2. The molecule has 2 saturated heterocycles. The number of amides is 3. The van der Waals surface area contributed by atoms with Gasteiger partial charge in [-0.05, 0) is 85.3 Å². The van der Waals surface area contributed by atoms with Crippen molar-refractivity contribution >= 4 is 113 Å². The number of aryl methyl sites for hydroxylation is 2. The Hall–Kier alpha value is -5.54. The molecule has 5 aromatic heterocycles. The predicted molar refractivity (Wildman–Crippen MR) is 279 cm³/mol. The van der Waals surface area contributed by atoms with Crippen LogP contribution in [0.4, 0.5) is 49.0 Å². The van der Waals surface area contributed by atoms with Crippen LogP contribution in [-0.2, 0) is 12.8 Å². The molecule has 9 rings (SSSR count). The minimum atomic E-state index is -0.833. The Bertz CT molecular complexity index is 2830. The van der Waals surface area contributed by atoms with Gasteiger partial charge in [0.05, 0.1) is 51.2 Å².